The van der Waals surface area contributed by atoms with Gasteiger partial charge in [0, 0.05) is 19.5 Å². The molecular formula is C24H46N2O2. The zero-order chi connectivity index (χ0) is 20.5. The fourth-order valence-electron chi connectivity index (χ4n) is 4.05. The van der Waals surface area contributed by atoms with Crippen LogP contribution in [0, 0.1) is 0 Å². The van der Waals surface area contributed by atoms with E-state index < -0.39 is 6.17 Å². The van der Waals surface area contributed by atoms with Crippen LogP contribution >= 0.6 is 0 Å². The zero-order valence-corrected chi connectivity index (χ0v) is 18.7. The van der Waals surface area contributed by atoms with Gasteiger partial charge >= 0.3 is 0 Å². The van der Waals surface area contributed by atoms with Crippen LogP contribution in [0.4, 0.5) is 0 Å². The van der Waals surface area contributed by atoms with Gasteiger partial charge in [0.1, 0.15) is 6.17 Å². The molecule has 1 N–H and O–H groups in total. The largest absolute Gasteiger partial charge is 0.312 e. The molecule has 1 heterocycles. The summed E-state index contributed by atoms with van der Waals surface area (Å²) in [6.45, 7) is 6.66. The van der Waals surface area contributed by atoms with Crippen molar-refractivity contribution in [1.29, 1.82) is 0 Å². The molecule has 1 saturated heterocycles. The highest BCUT2D eigenvalue weighted by Crippen LogP contribution is 2.17. The number of ketones is 1. The van der Waals surface area contributed by atoms with E-state index >= 15 is 0 Å². The number of carbonyl (C=O) groups excluding carboxylic acids is 1. The number of rotatable bonds is 18. The van der Waals surface area contributed by atoms with Crippen molar-refractivity contribution in [3.05, 3.63) is 12.2 Å². The summed E-state index contributed by atoms with van der Waals surface area (Å²) in [6, 6.07) is 0. The Kier molecular flexibility index (Phi) is 15.5. The molecule has 0 radical (unpaired) electrons. The van der Waals surface area contributed by atoms with Crippen molar-refractivity contribution in [1.82, 2.24) is 9.96 Å². The lowest BCUT2D eigenvalue weighted by molar-refractivity contribution is -0.155. The summed E-state index contributed by atoms with van der Waals surface area (Å²) in [5.41, 5.74) is 0. The molecule has 1 rings (SSSR count). The average Bonchev–Trinajstić information content (AvgIpc) is 3.05. The van der Waals surface area contributed by atoms with Crippen LogP contribution in [0.3, 0.4) is 0 Å². The normalized spacial score (nSPS) is 18.5. The minimum Gasteiger partial charge on any atom is -0.312 e. The molecule has 0 aromatic heterocycles. The molecule has 0 aromatic rings. The topological polar surface area (TPSA) is 43.8 Å². The number of hydroxylamine groups is 2. The van der Waals surface area contributed by atoms with Crippen molar-refractivity contribution < 1.29 is 10.0 Å². The van der Waals surface area contributed by atoms with Crippen molar-refractivity contribution >= 4 is 5.78 Å². The molecule has 0 saturated carbocycles. The molecule has 0 amide bonds. The molecule has 1 aliphatic rings. The van der Waals surface area contributed by atoms with Crippen molar-refractivity contribution in [3.63, 3.8) is 0 Å². The van der Waals surface area contributed by atoms with Crippen LogP contribution in [0.2, 0.25) is 0 Å². The Labute approximate surface area is 174 Å². The second kappa shape index (κ2) is 17.2. The molecule has 0 bridgehead atoms. The van der Waals surface area contributed by atoms with E-state index in [4.69, 9.17) is 0 Å². The van der Waals surface area contributed by atoms with E-state index in [0.717, 1.165) is 32.4 Å². The zero-order valence-electron chi connectivity index (χ0n) is 18.7. The maximum absolute atomic E-state index is 12.4. The summed E-state index contributed by atoms with van der Waals surface area (Å²) < 4.78 is 0. The first-order valence-corrected chi connectivity index (χ1v) is 12.1. The van der Waals surface area contributed by atoms with Crippen LogP contribution in [0.15, 0.2) is 12.2 Å². The molecule has 28 heavy (non-hydrogen) atoms. The Morgan fingerprint density at radius 3 is 2.00 bits per heavy atom. The summed E-state index contributed by atoms with van der Waals surface area (Å²) in [4.78, 5) is 14.5. The molecule has 1 unspecified atom stereocenters. The number of Topliss-reactive ketones (excluding diaryl/α,β-unsaturated/α-hetero) is 1. The van der Waals surface area contributed by atoms with Gasteiger partial charge in [-0.3, -0.25) is 9.69 Å². The molecule has 1 fully saturated rings. The lowest BCUT2D eigenvalue weighted by Crippen LogP contribution is -2.44. The Hall–Kier alpha value is -0.710. The summed E-state index contributed by atoms with van der Waals surface area (Å²) >= 11 is 0. The summed E-state index contributed by atoms with van der Waals surface area (Å²) in [5.74, 6) is 0.186. The highest BCUT2D eigenvalue weighted by molar-refractivity contribution is 5.83. The number of nitrogens with zero attached hydrogens (tertiary/aromatic N) is 2. The van der Waals surface area contributed by atoms with Crippen LogP contribution in [0.25, 0.3) is 0 Å². The third kappa shape index (κ3) is 11.3. The van der Waals surface area contributed by atoms with E-state index in [1.807, 2.05) is 0 Å². The summed E-state index contributed by atoms with van der Waals surface area (Å²) in [7, 11) is 0. The molecule has 4 nitrogen and oxygen atoms in total. The molecule has 1 atom stereocenters. The smallest absolute Gasteiger partial charge is 0.166 e. The first-order chi connectivity index (χ1) is 13.7. The van der Waals surface area contributed by atoms with Crippen molar-refractivity contribution in [2.75, 3.05) is 19.6 Å². The van der Waals surface area contributed by atoms with Crippen LogP contribution in [0.1, 0.15) is 110 Å². The van der Waals surface area contributed by atoms with E-state index in [0.29, 0.717) is 13.0 Å². The highest BCUT2D eigenvalue weighted by atomic mass is 16.5. The van der Waals surface area contributed by atoms with Crippen LogP contribution in [0.5, 0.6) is 0 Å². The second-order valence-electron chi connectivity index (χ2n) is 8.37. The SMILES string of the molecule is CCCCCCCCC=CCCCCCCCC(=O)C1N(O)CCN1CCC. The first kappa shape index (κ1) is 25.3. The first-order valence-electron chi connectivity index (χ1n) is 12.1. The van der Waals surface area contributed by atoms with Crippen LogP contribution in [-0.4, -0.2) is 46.8 Å². The number of allylic oxidation sites excluding steroid dienone is 2. The Bertz CT molecular complexity index is 409. The van der Waals surface area contributed by atoms with Crippen molar-refractivity contribution in [2.24, 2.45) is 0 Å². The summed E-state index contributed by atoms with van der Waals surface area (Å²) in [5, 5.41) is 11.2. The van der Waals surface area contributed by atoms with Gasteiger partial charge in [-0.15, -0.1) is 0 Å². The standard InChI is InChI=1S/C24H46N2O2/c1-3-5-6-7-8-9-10-11-12-13-14-15-16-17-18-19-23(27)24-25(20-4-2)21-22-26(24)28/h11-12,24,28H,3-10,13-22H2,1-2H3. The van der Waals surface area contributed by atoms with Crippen molar-refractivity contribution in [2.45, 2.75) is 116 Å². The van der Waals surface area contributed by atoms with E-state index in [-0.39, 0.29) is 5.78 Å². The molecular weight excluding hydrogens is 348 g/mol. The molecule has 0 aliphatic carbocycles. The van der Waals surface area contributed by atoms with Gasteiger partial charge in [0.2, 0.25) is 0 Å². The van der Waals surface area contributed by atoms with Crippen molar-refractivity contribution in [3.8, 4) is 0 Å². The predicted molar refractivity (Wildman–Crippen MR) is 119 cm³/mol. The van der Waals surface area contributed by atoms with Gasteiger partial charge < -0.3 is 5.21 Å². The van der Waals surface area contributed by atoms with E-state index in [1.54, 1.807) is 0 Å². The number of unbranched alkanes of at least 4 members (excludes halogenated alkanes) is 11. The van der Waals surface area contributed by atoms with Gasteiger partial charge in [-0.1, -0.05) is 77.4 Å². The van der Waals surface area contributed by atoms with Gasteiger partial charge in [-0.25, -0.2) is 0 Å². The van der Waals surface area contributed by atoms with Gasteiger partial charge in [0.05, 0.1) is 0 Å². The third-order valence-electron chi connectivity index (χ3n) is 5.73. The lowest BCUT2D eigenvalue weighted by atomic mass is 10.1. The fraction of sp³-hybridized carbons (Fsp3) is 0.875. The Morgan fingerprint density at radius 1 is 0.821 bits per heavy atom. The van der Waals surface area contributed by atoms with Gasteiger partial charge in [-0.05, 0) is 45.1 Å². The number of hydrogen-bond donors (Lipinski definition) is 1. The van der Waals surface area contributed by atoms with Gasteiger partial charge in [-0.2, -0.15) is 5.06 Å². The maximum Gasteiger partial charge on any atom is 0.166 e. The molecule has 0 aromatic carbocycles. The van der Waals surface area contributed by atoms with Crippen LogP contribution < -0.4 is 0 Å². The Balaban J connectivity index is 1.93. The molecule has 164 valence electrons. The monoisotopic (exact) mass is 394 g/mol. The van der Waals surface area contributed by atoms with Crippen LogP contribution in [-0.2, 0) is 4.79 Å². The van der Waals surface area contributed by atoms with Gasteiger partial charge in [0.25, 0.3) is 0 Å². The number of hydrogen-bond acceptors (Lipinski definition) is 4. The lowest BCUT2D eigenvalue weighted by Gasteiger charge is -2.25. The maximum atomic E-state index is 12.4. The third-order valence-corrected chi connectivity index (χ3v) is 5.73. The Morgan fingerprint density at radius 2 is 1.39 bits per heavy atom. The van der Waals surface area contributed by atoms with E-state index in [9.17, 15) is 10.0 Å². The minimum absolute atomic E-state index is 0.186. The minimum atomic E-state index is -0.392. The second-order valence-corrected chi connectivity index (χ2v) is 8.37. The van der Waals surface area contributed by atoms with Gasteiger partial charge in [0.15, 0.2) is 5.78 Å². The molecule has 4 heteroatoms. The molecule has 1 aliphatic heterocycles. The quantitative estimate of drug-likeness (QED) is 0.218. The average molecular weight is 395 g/mol. The highest BCUT2D eigenvalue weighted by Gasteiger charge is 2.35. The molecule has 0 spiro atoms. The van der Waals surface area contributed by atoms with E-state index in [2.05, 4.69) is 30.9 Å². The fourth-order valence-corrected chi connectivity index (χ4v) is 4.05. The summed E-state index contributed by atoms with van der Waals surface area (Å²) in [6.07, 6.45) is 22.4. The predicted octanol–water partition coefficient (Wildman–Crippen LogP) is 6.34. The van der Waals surface area contributed by atoms with E-state index in [1.165, 1.54) is 75.7 Å². The number of carbonyl (C=O) groups is 1.